The first-order valence-electron chi connectivity index (χ1n) is 7.99. The van der Waals surface area contributed by atoms with Gasteiger partial charge in [-0.05, 0) is 32.3 Å². The van der Waals surface area contributed by atoms with Crippen LogP contribution in [0.25, 0.3) is 0 Å². The van der Waals surface area contributed by atoms with Gasteiger partial charge in [0.1, 0.15) is 5.75 Å². The van der Waals surface area contributed by atoms with Crippen molar-refractivity contribution >= 4 is 5.91 Å². The Morgan fingerprint density at radius 3 is 2.35 bits per heavy atom. The average Bonchev–Trinajstić information content (AvgIpc) is 2.61. The van der Waals surface area contributed by atoms with Gasteiger partial charge in [0.15, 0.2) is 0 Å². The number of carbonyl (C=O) groups excluding carboxylic acids is 1. The van der Waals surface area contributed by atoms with E-state index >= 15 is 0 Å². The molecule has 0 radical (unpaired) electrons. The lowest BCUT2D eigenvalue weighted by atomic mass is 10.0. The molecule has 0 heterocycles. The minimum absolute atomic E-state index is 0.137. The van der Waals surface area contributed by atoms with E-state index in [-0.39, 0.29) is 12.6 Å². The quantitative estimate of drug-likeness (QED) is 0.847. The van der Waals surface area contributed by atoms with Crippen LogP contribution in [0.2, 0.25) is 0 Å². The fourth-order valence-electron chi connectivity index (χ4n) is 2.73. The number of ether oxygens (including phenoxy) is 1. The van der Waals surface area contributed by atoms with E-state index in [1.54, 1.807) is 13.2 Å². The summed E-state index contributed by atoms with van der Waals surface area (Å²) >= 11 is 0. The van der Waals surface area contributed by atoms with Crippen molar-refractivity contribution in [1.82, 2.24) is 10.2 Å². The third kappa shape index (κ3) is 4.54. The number of likely N-dealkylation sites (N-methyl/N-ethyl adjacent to an activating group) is 1. The zero-order valence-corrected chi connectivity index (χ0v) is 14.8. The highest BCUT2D eigenvalue weighted by Crippen LogP contribution is 2.32. The van der Waals surface area contributed by atoms with E-state index in [2.05, 4.69) is 5.32 Å². The molecule has 0 aliphatic carbocycles. The minimum atomic E-state index is -4.59. The zero-order valence-electron chi connectivity index (χ0n) is 14.8. The van der Waals surface area contributed by atoms with Gasteiger partial charge >= 0.3 is 6.18 Å². The third-order valence-corrected chi connectivity index (χ3v) is 4.05. The normalized spacial score (nSPS) is 12.7. The number of nitrogens with one attached hydrogen (secondary N) is 1. The molecule has 1 atom stereocenters. The fourth-order valence-corrected chi connectivity index (χ4v) is 2.73. The van der Waals surface area contributed by atoms with E-state index in [1.807, 2.05) is 37.2 Å². The van der Waals surface area contributed by atoms with Crippen molar-refractivity contribution < 1.29 is 22.7 Å². The Labute approximate surface area is 150 Å². The summed E-state index contributed by atoms with van der Waals surface area (Å²) in [6.45, 7) is 0.137. The Hall–Kier alpha value is -2.54. The van der Waals surface area contributed by atoms with Crippen molar-refractivity contribution in [2.75, 3.05) is 27.7 Å². The molecular formula is C19H21F3N2O2. The van der Waals surface area contributed by atoms with Crippen LogP contribution in [-0.4, -0.2) is 38.6 Å². The summed E-state index contributed by atoms with van der Waals surface area (Å²) in [5.41, 5.74) is -0.502. The maximum atomic E-state index is 13.1. The lowest BCUT2D eigenvalue weighted by Crippen LogP contribution is -2.35. The van der Waals surface area contributed by atoms with Crippen molar-refractivity contribution in [3.05, 3.63) is 65.2 Å². The summed E-state index contributed by atoms with van der Waals surface area (Å²) in [6.07, 6.45) is -4.59. The van der Waals surface area contributed by atoms with Crippen molar-refractivity contribution in [2.45, 2.75) is 12.2 Å². The van der Waals surface area contributed by atoms with Crippen LogP contribution in [0, 0.1) is 0 Å². The average molecular weight is 366 g/mol. The second-order valence-corrected chi connectivity index (χ2v) is 5.97. The molecule has 0 fully saturated rings. The SMILES string of the molecule is COc1ccccc1C(CNC(=O)c1ccccc1C(F)(F)F)N(C)C. The second-order valence-electron chi connectivity index (χ2n) is 5.97. The highest BCUT2D eigenvalue weighted by molar-refractivity contribution is 5.95. The Bertz CT molecular complexity index is 760. The first kappa shape index (κ1) is 19.8. The Morgan fingerprint density at radius 1 is 1.12 bits per heavy atom. The molecule has 1 unspecified atom stereocenters. The fraction of sp³-hybridized carbons (Fsp3) is 0.316. The molecule has 2 aromatic rings. The first-order chi connectivity index (χ1) is 12.3. The van der Waals surface area contributed by atoms with Crippen LogP contribution in [-0.2, 0) is 6.18 Å². The van der Waals surface area contributed by atoms with E-state index in [1.165, 1.54) is 18.2 Å². The predicted molar refractivity (Wildman–Crippen MR) is 93.2 cm³/mol. The van der Waals surface area contributed by atoms with Gasteiger partial charge in [0.2, 0.25) is 0 Å². The van der Waals surface area contributed by atoms with Crippen molar-refractivity contribution in [3.8, 4) is 5.75 Å². The number of carbonyl (C=O) groups is 1. The summed E-state index contributed by atoms with van der Waals surface area (Å²) in [7, 11) is 5.20. The van der Waals surface area contributed by atoms with Crippen LogP contribution >= 0.6 is 0 Å². The van der Waals surface area contributed by atoms with Gasteiger partial charge in [-0.3, -0.25) is 4.79 Å². The number of hydrogen-bond donors (Lipinski definition) is 1. The predicted octanol–water partition coefficient (Wildman–Crippen LogP) is 3.75. The second kappa shape index (κ2) is 8.23. The van der Waals surface area contributed by atoms with E-state index in [0.29, 0.717) is 5.75 Å². The molecule has 26 heavy (non-hydrogen) atoms. The van der Waals surface area contributed by atoms with Crippen LogP contribution in [0.1, 0.15) is 27.5 Å². The molecular weight excluding hydrogens is 345 g/mol. The van der Waals surface area contributed by atoms with E-state index in [0.717, 1.165) is 11.6 Å². The molecule has 2 rings (SSSR count). The lowest BCUT2D eigenvalue weighted by molar-refractivity contribution is -0.137. The van der Waals surface area contributed by atoms with Crippen LogP contribution < -0.4 is 10.1 Å². The highest BCUT2D eigenvalue weighted by atomic mass is 19.4. The number of hydrogen-bond acceptors (Lipinski definition) is 3. The van der Waals surface area contributed by atoms with Crippen LogP contribution in [0.5, 0.6) is 5.75 Å². The molecule has 0 spiro atoms. The molecule has 0 saturated carbocycles. The molecule has 2 aromatic carbocycles. The van der Waals surface area contributed by atoms with Crippen molar-refractivity contribution in [2.24, 2.45) is 0 Å². The summed E-state index contributed by atoms with van der Waals surface area (Å²) in [5.74, 6) is -0.115. The topological polar surface area (TPSA) is 41.6 Å². The highest BCUT2D eigenvalue weighted by Gasteiger charge is 2.35. The summed E-state index contributed by atoms with van der Waals surface area (Å²) < 4.78 is 44.6. The van der Waals surface area contributed by atoms with Crippen LogP contribution in [0.3, 0.4) is 0 Å². The van der Waals surface area contributed by atoms with E-state index < -0.39 is 23.2 Å². The van der Waals surface area contributed by atoms with E-state index in [4.69, 9.17) is 4.74 Å². The van der Waals surface area contributed by atoms with Crippen LogP contribution in [0.15, 0.2) is 48.5 Å². The van der Waals surface area contributed by atoms with Crippen molar-refractivity contribution in [1.29, 1.82) is 0 Å². The lowest BCUT2D eigenvalue weighted by Gasteiger charge is -2.26. The van der Waals surface area contributed by atoms with Gasteiger partial charge in [0.25, 0.3) is 5.91 Å². The van der Waals surface area contributed by atoms with Gasteiger partial charge in [0.05, 0.1) is 24.3 Å². The summed E-state index contributed by atoms with van der Waals surface area (Å²) in [5, 5.41) is 2.61. The number of rotatable bonds is 6. The molecule has 0 bridgehead atoms. The zero-order chi connectivity index (χ0) is 19.3. The van der Waals surface area contributed by atoms with Crippen LogP contribution in [0.4, 0.5) is 13.2 Å². The van der Waals surface area contributed by atoms with Gasteiger partial charge in [-0.2, -0.15) is 13.2 Å². The number of amides is 1. The largest absolute Gasteiger partial charge is 0.496 e. The molecule has 1 N–H and O–H groups in total. The molecule has 0 aromatic heterocycles. The number of halogens is 3. The molecule has 0 aliphatic heterocycles. The first-order valence-corrected chi connectivity index (χ1v) is 7.99. The number of alkyl halides is 3. The molecule has 4 nitrogen and oxygen atoms in total. The molecule has 7 heteroatoms. The summed E-state index contributed by atoms with van der Waals surface area (Å²) in [6, 6.07) is 11.8. The maximum Gasteiger partial charge on any atom is 0.417 e. The maximum absolute atomic E-state index is 13.1. The monoisotopic (exact) mass is 366 g/mol. The van der Waals surface area contributed by atoms with Gasteiger partial charge in [-0.1, -0.05) is 30.3 Å². The standard InChI is InChI=1S/C19H21F3N2O2/c1-24(2)16(14-9-5-7-11-17(14)26-3)12-23-18(25)13-8-4-6-10-15(13)19(20,21)22/h4-11,16H,12H2,1-3H3,(H,23,25). The Morgan fingerprint density at radius 2 is 1.73 bits per heavy atom. The number of benzene rings is 2. The molecule has 0 aliphatic rings. The van der Waals surface area contributed by atoms with Gasteiger partial charge < -0.3 is 15.0 Å². The third-order valence-electron chi connectivity index (χ3n) is 4.05. The number of para-hydroxylation sites is 1. The Kier molecular flexibility index (Phi) is 6.26. The molecule has 1 amide bonds. The Balaban J connectivity index is 2.22. The number of nitrogens with zero attached hydrogens (tertiary/aromatic N) is 1. The minimum Gasteiger partial charge on any atom is -0.496 e. The van der Waals surface area contributed by atoms with Crippen molar-refractivity contribution in [3.63, 3.8) is 0 Å². The molecule has 140 valence electrons. The van der Waals surface area contributed by atoms with Gasteiger partial charge in [0, 0.05) is 12.1 Å². The summed E-state index contributed by atoms with van der Waals surface area (Å²) in [4.78, 5) is 14.2. The molecule has 0 saturated heterocycles. The number of methoxy groups -OCH3 is 1. The van der Waals surface area contributed by atoms with E-state index in [9.17, 15) is 18.0 Å². The van der Waals surface area contributed by atoms with Gasteiger partial charge in [-0.15, -0.1) is 0 Å². The van der Waals surface area contributed by atoms with Gasteiger partial charge in [-0.25, -0.2) is 0 Å². The smallest absolute Gasteiger partial charge is 0.417 e.